The number of pyridine rings is 1. The van der Waals surface area contributed by atoms with E-state index < -0.39 is 17.2 Å². The molecule has 1 aromatic carbocycles. The number of piperidine rings is 1. The lowest BCUT2D eigenvalue weighted by Crippen LogP contribution is -2.58. The van der Waals surface area contributed by atoms with Crippen LogP contribution in [0.5, 0.6) is 0 Å². The van der Waals surface area contributed by atoms with E-state index in [4.69, 9.17) is 16.3 Å². The summed E-state index contributed by atoms with van der Waals surface area (Å²) in [5, 5.41) is 6.55. The van der Waals surface area contributed by atoms with Crippen LogP contribution >= 0.6 is 11.6 Å². The first kappa shape index (κ1) is 26.0. The van der Waals surface area contributed by atoms with Gasteiger partial charge in [0.2, 0.25) is 5.91 Å². The molecular weight excluding hydrogens is 506 g/mol. The van der Waals surface area contributed by atoms with Crippen molar-refractivity contribution in [1.29, 1.82) is 0 Å². The normalized spacial score (nSPS) is 20.6. The molecule has 10 heteroatoms. The summed E-state index contributed by atoms with van der Waals surface area (Å²) < 4.78 is 7.19. The Balaban J connectivity index is 1.37. The van der Waals surface area contributed by atoms with Gasteiger partial charge in [0.25, 0.3) is 5.91 Å². The summed E-state index contributed by atoms with van der Waals surface area (Å²) >= 11 is 6.29. The number of benzene rings is 1. The van der Waals surface area contributed by atoms with Gasteiger partial charge >= 0.3 is 6.09 Å². The van der Waals surface area contributed by atoms with E-state index in [9.17, 15) is 14.4 Å². The number of likely N-dealkylation sites (tertiary alicyclic amines) is 1. The molecule has 2 fully saturated rings. The fourth-order valence-corrected chi connectivity index (χ4v) is 5.26. The van der Waals surface area contributed by atoms with Crippen LogP contribution in [-0.2, 0) is 9.53 Å². The Morgan fingerprint density at radius 2 is 1.95 bits per heavy atom. The molecule has 1 saturated carbocycles. The Hall–Kier alpha value is -3.59. The van der Waals surface area contributed by atoms with E-state index in [2.05, 4.69) is 15.6 Å². The molecule has 2 atom stereocenters. The van der Waals surface area contributed by atoms with Crippen molar-refractivity contribution >= 4 is 35.0 Å². The highest BCUT2D eigenvalue weighted by Crippen LogP contribution is 2.38. The number of alkyl carbamates (subject to hydrolysis) is 1. The van der Waals surface area contributed by atoms with Gasteiger partial charge in [-0.1, -0.05) is 23.7 Å². The van der Waals surface area contributed by atoms with Crippen LogP contribution in [0.15, 0.2) is 55.1 Å². The molecular formula is C28H32ClN5O4. The highest BCUT2D eigenvalue weighted by molar-refractivity contribution is 6.30. The number of amides is 3. The number of hydrogen-bond acceptors (Lipinski definition) is 5. The quantitative estimate of drug-likeness (QED) is 0.508. The van der Waals surface area contributed by atoms with Crippen LogP contribution in [0.4, 0.5) is 4.79 Å². The monoisotopic (exact) mass is 537 g/mol. The number of aromatic nitrogens is 2. The Morgan fingerprint density at radius 3 is 2.66 bits per heavy atom. The zero-order valence-electron chi connectivity index (χ0n) is 21.7. The molecule has 2 aliphatic rings. The van der Waals surface area contributed by atoms with E-state index in [-0.39, 0.29) is 23.8 Å². The number of carbonyl (C=O) groups excluding carboxylic acids is 3. The molecule has 3 heterocycles. The van der Waals surface area contributed by atoms with Gasteiger partial charge in [0.15, 0.2) is 0 Å². The zero-order chi connectivity index (χ0) is 27.1. The van der Waals surface area contributed by atoms with E-state index in [0.717, 1.165) is 11.1 Å². The molecule has 5 rings (SSSR count). The molecule has 1 aliphatic carbocycles. The minimum Gasteiger partial charge on any atom is -0.444 e. The van der Waals surface area contributed by atoms with Crippen LogP contribution in [0, 0.1) is 0 Å². The number of nitrogens with one attached hydrogen (secondary N) is 2. The Kier molecular flexibility index (Phi) is 6.81. The van der Waals surface area contributed by atoms with Crippen molar-refractivity contribution in [1.82, 2.24) is 24.9 Å². The molecule has 1 aliphatic heterocycles. The number of halogens is 1. The van der Waals surface area contributed by atoms with Gasteiger partial charge < -0.3 is 24.7 Å². The summed E-state index contributed by atoms with van der Waals surface area (Å²) in [4.78, 5) is 45.5. The summed E-state index contributed by atoms with van der Waals surface area (Å²) in [6.07, 6.45) is 6.26. The minimum absolute atomic E-state index is 0.0511. The Bertz CT molecular complexity index is 1380. The van der Waals surface area contributed by atoms with Crippen molar-refractivity contribution in [2.75, 3.05) is 13.1 Å². The van der Waals surface area contributed by atoms with Crippen molar-refractivity contribution in [3.8, 4) is 0 Å². The molecule has 38 heavy (non-hydrogen) atoms. The summed E-state index contributed by atoms with van der Waals surface area (Å²) in [6.45, 7) is 6.18. The van der Waals surface area contributed by atoms with E-state index >= 15 is 0 Å². The zero-order valence-corrected chi connectivity index (χ0v) is 22.5. The first-order chi connectivity index (χ1) is 18.0. The molecule has 3 aromatic rings. The minimum atomic E-state index is -1.00. The molecule has 0 radical (unpaired) electrons. The number of carbonyl (C=O) groups is 3. The van der Waals surface area contributed by atoms with Crippen LogP contribution in [0.3, 0.4) is 0 Å². The molecule has 2 N–H and O–H groups in total. The lowest BCUT2D eigenvalue weighted by atomic mass is 9.84. The van der Waals surface area contributed by atoms with Crippen molar-refractivity contribution in [2.24, 2.45) is 0 Å². The number of fused-ring (bicyclic) bond motifs is 1. The molecule has 3 amide bonds. The predicted molar refractivity (Wildman–Crippen MR) is 143 cm³/mol. The Morgan fingerprint density at radius 1 is 1.16 bits per heavy atom. The van der Waals surface area contributed by atoms with Crippen molar-refractivity contribution < 1.29 is 19.1 Å². The molecule has 200 valence electrons. The molecule has 2 aromatic heterocycles. The first-order valence-corrected chi connectivity index (χ1v) is 13.2. The second-order valence-corrected chi connectivity index (χ2v) is 11.5. The van der Waals surface area contributed by atoms with Gasteiger partial charge in [0.1, 0.15) is 11.1 Å². The topological polar surface area (TPSA) is 105 Å². The van der Waals surface area contributed by atoms with Crippen molar-refractivity contribution in [3.63, 3.8) is 0 Å². The number of hydrogen-bond donors (Lipinski definition) is 2. The van der Waals surface area contributed by atoms with E-state index in [1.807, 2.05) is 40.9 Å². The van der Waals surface area contributed by atoms with Gasteiger partial charge in [0.05, 0.1) is 29.6 Å². The number of nitrogens with zero attached hydrogens (tertiary/aromatic N) is 3. The van der Waals surface area contributed by atoms with Crippen molar-refractivity contribution in [2.45, 2.75) is 63.1 Å². The van der Waals surface area contributed by atoms with E-state index in [1.165, 1.54) is 0 Å². The first-order valence-electron chi connectivity index (χ1n) is 12.8. The molecule has 0 spiro atoms. The van der Waals surface area contributed by atoms with Crippen LogP contribution < -0.4 is 10.6 Å². The van der Waals surface area contributed by atoms with Gasteiger partial charge in [-0.2, -0.15) is 0 Å². The highest BCUT2D eigenvalue weighted by atomic mass is 35.5. The number of imidazole rings is 1. The highest BCUT2D eigenvalue weighted by Gasteiger charge is 2.53. The Labute approximate surface area is 226 Å². The molecule has 0 bridgehead atoms. The summed E-state index contributed by atoms with van der Waals surface area (Å²) in [5.41, 5.74) is 0.612. The maximum absolute atomic E-state index is 13.6. The van der Waals surface area contributed by atoms with Crippen LogP contribution in [0.2, 0.25) is 5.02 Å². The maximum atomic E-state index is 13.6. The standard InChI is InChI=1S/C28H32ClN5O4/c1-27(2,3)38-26(37)32-28(10-11-28)25(36)31-22-16-33(13-9-20(22)18-6-4-7-19(29)14-18)24(35)21-8-5-12-34-17-30-15-23(21)34/h4-8,12,14-15,17,20,22H,9-11,13,16H2,1-3H3,(H,31,36)(H,32,37)/t20-,22+/m0/s1. The third kappa shape index (κ3) is 5.48. The average molecular weight is 538 g/mol. The van der Waals surface area contributed by atoms with Gasteiger partial charge in [0, 0.05) is 30.2 Å². The summed E-state index contributed by atoms with van der Waals surface area (Å²) in [7, 11) is 0. The molecule has 9 nitrogen and oxygen atoms in total. The van der Waals surface area contributed by atoms with Gasteiger partial charge in [-0.15, -0.1) is 0 Å². The third-order valence-corrected chi connectivity index (χ3v) is 7.34. The fraction of sp³-hybridized carbons (Fsp3) is 0.429. The average Bonchev–Trinajstić information content (AvgIpc) is 3.47. The lowest BCUT2D eigenvalue weighted by molar-refractivity contribution is -0.125. The van der Waals surface area contributed by atoms with Gasteiger partial charge in [-0.25, -0.2) is 9.78 Å². The van der Waals surface area contributed by atoms with Crippen LogP contribution in [0.25, 0.3) is 5.52 Å². The van der Waals surface area contributed by atoms with E-state index in [0.29, 0.717) is 42.9 Å². The summed E-state index contributed by atoms with van der Waals surface area (Å²) in [6, 6.07) is 10.8. The second-order valence-electron chi connectivity index (χ2n) is 11.1. The number of ether oxygens (including phenoxy) is 1. The fourth-order valence-electron chi connectivity index (χ4n) is 5.06. The molecule has 0 unspecified atom stereocenters. The lowest BCUT2D eigenvalue weighted by Gasteiger charge is -2.40. The van der Waals surface area contributed by atoms with Crippen LogP contribution in [-0.4, -0.2) is 62.5 Å². The molecule has 1 saturated heterocycles. The van der Waals surface area contributed by atoms with Gasteiger partial charge in [-0.05, 0) is 69.9 Å². The van der Waals surface area contributed by atoms with E-state index in [1.54, 1.807) is 44.3 Å². The SMILES string of the molecule is CC(C)(C)OC(=O)NC1(C(=O)N[C@@H]2CN(C(=O)c3cccn4cncc34)CC[C@H]2c2cccc(Cl)c2)CC1. The predicted octanol–water partition coefficient (Wildman–Crippen LogP) is 4.16. The van der Waals surface area contributed by atoms with Crippen molar-refractivity contribution in [3.05, 3.63) is 71.3 Å². The second kappa shape index (κ2) is 9.94. The largest absolute Gasteiger partial charge is 0.444 e. The maximum Gasteiger partial charge on any atom is 0.408 e. The smallest absolute Gasteiger partial charge is 0.408 e. The van der Waals surface area contributed by atoms with Crippen LogP contribution in [0.1, 0.15) is 61.9 Å². The number of rotatable bonds is 5. The third-order valence-electron chi connectivity index (χ3n) is 7.10. The summed E-state index contributed by atoms with van der Waals surface area (Å²) in [5.74, 6) is -0.440. The van der Waals surface area contributed by atoms with Gasteiger partial charge in [-0.3, -0.25) is 9.59 Å².